The van der Waals surface area contributed by atoms with Crippen molar-refractivity contribution in [2.75, 3.05) is 0 Å². The predicted molar refractivity (Wildman–Crippen MR) is 97.1 cm³/mol. The van der Waals surface area contributed by atoms with Gasteiger partial charge in [0.1, 0.15) is 0 Å². The van der Waals surface area contributed by atoms with Crippen LogP contribution in [0.5, 0.6) is 0 Å². The molecule has 0 saturated carbocycles. The normalized spacial score (nSPS) is 14.5. The molecule has 6 heteroatoms. The molecule has 25 heavy (non-hydrogen) atoms. The first-order chi connectivity index (χ1) is 12.0. The van der Waals surface area contributed by atoms with Gasteiger partial charge in [0.2, 0.25) is 0 Å². The van der Waals surface area contributed by atoms with Crippen LogP contribution in [0.3, 0.4) is 0 Å². The molecule has 0 bridgehead atoms. The van der Waals surface area contributed by atoms with Crippen molar-refractivity contribution < 1.29 is 9.72 Å². The van der Waals surface area contributed by atoms with Gasteiger partial charge >= 0.3 is 0 Å². The number of amides is 1. The Morgan fingerprint density at radius 2 is 1.88 bits per heavy atom. The summed E-state index contributed by atoms with van der Waals surface area (Å²) in [6.07, 6.45) is 4.64. The number of non-ortho nitro benzene ring substituents is 1. The number of carbonyl (C=O) groups excluding carboxylic acids is 1. The fraction of sp³-hybridized carbons (Fsp3) is 0.316. The van der Waals surface area contributed by atoms with Crippen LogP contribution >= 0.6 is 11.6 Å². The molecule has 1 atom stereocenters. The zero-order chi connectivity index (χ0) is 18.0. The highest BCUT2D eigenvalue weighted by Gasteiger charge is 2.18. The lowest BCUT2D eigenvalue weighted by Gasteiger charge is -2.20. The van der Waals surface area contributed by atoms with E-state index in [0.717, 1.165) is 18.4 Å². The van der Waals surface area contributed by atoms with E-state index in [4.69, 9.17) is 11.6 Å². The second kappa shape index (κ2) is 7.23. The van der Waals surface area contributed by atoms with E-state index in [1.165, 1.54) is 42.2 Å². The molecule has 0 radical (unpaired) electrons. The maximum absolute atomic E-state index is 12.5. The molecule has 0 fully saturated rings. The summed E-state index contributed by atoms with van der Waals surface area (Å²) < 4.78 is 0. The molecule has 3 rings (SSSR count). The Labute approximate surface area is 151 Å². The van der Waals surface area contributed by atoms with Crippen molar-refractivity contribution in [3.8, 4) is 0 Å². The smallest absolute Gasteiger partial charge is 0.270 e. The highest BCUT2D eigenvalue weighted by molar-refractivity contribution is 6.34. The molecule has 130 valence electrons. The molecule has 0 spiro atoms. The van der Waals surface area contributed by atoms with E-state index in [9.17, 15) is 14.9 Å². The summed E-state index contributed by atoms with van der Waals surface area (Å²) in [5, 5.41) is 13.7. The molecule has 1 amide bonds. The first kappa shape index (κ1) is 17.4. The maximum atomic E-state index is 12.5. The Kier molecular flexibility index (Phi) is 5.04. The lowest BCUT2D eigenvalue weighted by Crippen LogP contribution is -2.27. The van der Waals surface area contributed by atoms with Crippen LogP contribution in [-0.2, 0) is 12.8 Å². The summed E-state index contributed by atoms with van der Waals surface area (Å²) in [5.74, 6) is -0.342. The van der Waals surface area contributed by atoms with Crippen molar-refractivity contribution in [3.05, 3.63) is 73.8 Å². The third-order valence-corrected chi connectivity index (χ3v) is 4.94. The van der Waals surface area contributed by atoms with E-state index in [-0.39, 0.29) is 28.2 Å². The quantitative estimate of drug-likeness (QED) is 0.640. The van der Waals surface area contributed by atoms with Crippen LogP contribution in [0.1, 0.15) is 52.9 Å². The highest BCUT2D eigenvalue weighted by Crippen LogP contribution is 2.26. The van der Waals surface area contributed by atoms with E-state index < -0.39 is 4.92 Å². The molecular formula is C19H19ClN2O3. The average Bonchev–Trinajstić information content (AvgIpc) is 2.60. The first-order valence-corrected chi connectivity index (χ1v) is 8.70. The van der Waals surface area contributed by atoms with Crippen molar-refractivity contribution in [2.24, 2.45) is 0 Å². The number of benzene rings is 2. The molecule has 0 saturated heterocycles. The standard InChI is InChI=1S/C19H19ClN2O3/c1-12(14-7-6-13-4-2-3-5-15(13)10-14)21-19(23)17-9-8-16(22(24)25)11-18(17)20/h6-12H,2-5H2,1H3,(H,21,23). The van der Waals surface area contributed by atoms with Crippen LogP contribution in [0.4, 0.5) is 5.69 Å². The van der Waals surface area contributed by atoms with Crippen molar-refractivity contribution in [3.63, 3.8) is 0 Å². The second-order valence-electron chi connectivity index (χ2n) is 6.35. The van der Waals surface area contributed by atoms with Gasteiger partial charge in [-0.2, -0.15) is 0 Å². The number of fused-ring (bicyclic) bond motifs is 1. The van der Waals surface area contributed by atoms with Gasteiger partial charge in [-0.15, -0.1) is 0 Å². The van der Waals surface area contributed by atoms with Crippen LogP contribution in [-0.4, -0.2) is 10.8 Å². The molecular weight excluding hydrogens is 340 g/mol. The lowest BCUT2D eigenvalue weighted by atomic mass is 9.89. The molecule has 2 aromatic rings. The number of nitro groups is 1. The minimum Gasteiger partial charge on any atom is -0.345 e. The predicted octanol–water partition coefficient (Wildman–Crippen LogP) is 4.62. The summed E-state index contributed by atoms with van der Waals surface area (Å²) in [6.45, 7) is 1.92. The first-order valence-electron chi connectivity index (χ1n) is 8.32. The van der Waals surface area contributed by atoms with Crippen molar-refractivity contribution in [1.29, 1.82) is 0 Å². The zero-order valence-electron chi connectivity index (χ0n) is 13.9. The van der Waals surface area contributed by atoms with Crippen LogP contribution in [0.25, 0.3) is 0 Å². The summed E-state index contributed by atoms with van der Waals surface area (Å²) in [6, 6.07) is 10.0. The van der Waals surface area contributed by atoms with Gasteiger partial charge in [0, 0.05) is 12.1 Å². The number of nitro benzene ring substituents is 1. The largest absolute Gasteiger partial charge is 0.345 e. The van der Waals surface area contributed by atoms with Crippen LogP contribution in [0.2, 0.25) is 5.02 Å². The summed E-state index contributed by atoms with van der Waals surface area (Å²) >= 11 is 6.03. The zero-order valence-corrected chi connectivity index (χ0v) is 14.7. The van der Waals surface area contributed by atoms with Gasteiger partial charge in [0.15, 0.2) is 0 Å². The lowest BCUT2D eigenvalue weighted by molar-refractivity contribution is -0.384. The number of nitrogens with zero attached hydrogens (tertiary/aromatic N) is 1. The molecule has 0 aliphatic heterocycles. The fourth-order valence-electron chi connectivity index (χ4n) is 3.18. The maximum Gasteiger partial charge on any atom is 0.270 e. The Morgan fingerprint density at radius 1 is 1.16 bits per heavy atom. The number of nitrogens with one attached hydrogen (secondary N) is 1. The number of halogens is 1. The Morgan fingerprint density at radius 3 is 2.56 bits per heavy atom. The van der Waals surface area contributed by atoms with Gasteiger partial charge in [-0.25, -0.2) is 0 Å². The van der Waals surface area contributed by atoms with E-state index in [0.29, 0.717) is 0 Å². The summed E-state index contributed by atoms with van der Waals surface area (Å²) in [4.78, 5) is 22.7. The average molecular weight is 359 g/mol. The molecule has 1 N–H and O–H groups in total. The van der Waals surface area contributed by atoms with Crippen LogP contribution < -0.4 is 5.32 Å². The minimum atomic E-state index is -0.538. The Balaban J connectivity index is 1.75. The fourth-order valence-corrected chi connectivity index (χ4v) is 3.44. The highest BCUT2D eigenvalue weighted by atomic mass is 35.5. The van der Waals surface area contributed by atoms with E-state index in [2.05, 4.69) is 17.4 Å². The van der Waals surface area contributed by atoms with Crippen molar-refractivity contribution >= 4 is 23.2 Å². The topological polar surface area (TPSA) is 72.2 Å². The van der Waals surface area contributed by atoms with Gasteiger partial charge in [0.25, 0.3) is 11.6 Å². The van der Waals surface area contributed by atoms with Gasteiger partial charge < -0.3 is 5.32 Å². The second-order valence-corrected chi connectivity index (χ2v) is 6.76. The van der Waals surface area contributed by atoms with Gasteiger partial charge in [-0.1, -0.05) is 29.8 Å². The van der Waals surface area contributed by atoms with E-state index in [1.807, 2.05) is 13.0 Å². The number of hydrogen-bond acceptors (Lipinski definition) is 3. The van der Waals surface area contributed by atoms with E-state index in [1.54, 1.807) is 0 Å². The van der Waals surface area contributed by atoms with E-state index >= 15 is 0 Å². The molecule has 1 unspecified atom stereocenters. The molecule has 5 nitrogen and oxygen atoms in total. The van der Waals surface area contributed by atoms with Crippen LogP contribution in [0.15, 0.2) is 36.4 Å². The number of hydrogen-bond donors (Lipinski definition) is 1. The molecule has 1 aliphatic rings. The SMILES string of the molecule is CC(NC(=O)c1ccc([N+](=O)[O-])cc1Cl)c1ccc2c(c1)CCCC2. The molecule has 2 aromatic carbocycles. The van der Waals surface area contributed by atoms with Crippen molar-refractivity contribution in [2.45, 2.75) is 38.6 Å². The van der Waals surface area contributed by atoms with Gasteiger partial charge in [-0.3, -0.25) is 14.9 Å². The van der Waals surface area contributed by atoms with Gasteiger partial charge in [-0.05, 0) is 55.4 Å². The monoisotopic (exact) mass is 358 g/mol. The third-order valence-electron chi connectivity index (χ3n) is 4.63. The molecule has 0 aromatic heterocycles. The molecule has 0 heterocycles. The number of rotatable bonds is 4. The number of carbonyl (C=O) groups is 1. The minimum absolute atomic E-state index is 0.0735. The third kappa shape index (κ3) is 3.82. The molecule has 1 aliphatic carbocycles. The summed E-state index contributed by atoms with van der Waals surface area (Å²) in [7, 11) is 0. The summed E-state index contributed by atoms with van der Waals surface area (Å²) in [5.41, 5.74) is 3.90. The van der Waals surface area contributed by atoms with Crippen molar-refractivity contribution in [1.82, 2.24) is 5.32 Å². The number of aryl methyl sites for hydroxylation is 2. The van der Waals surface area contributed by atoms with Crippen LogP contribution in [0, 0.1) is 10.1 Å². The Hall–Kier alpha value is -2.40. The Bertz CT molecular complexity index is 835. The van der Waals surface area contributed by atoms with Gasteiger partial charge in [0.05, 0.1) is 21.6 Å².